The maximum Gasteiger partial charge on any atom is 0.323 e. The zero-order valence-corrected chi connectivity index (χ0v) is 12.1. The number of carbonyl (C=O) groups excluding carboxylic acids is 1. The molecule has 0 aliphatic heterocycles. The fourth-order valence-electron chi connectivity index (χ4n) is 2.14. The monoisotopic (exact) mass is 341 g/mol. The van der Waals surface area contributed by atoms with Gasteiger partial charge in [-0.1, -0.05) is 0 Å². The van der Waals surface area contributed by atoms with Crippen molar-refractivity contribution in [3.8, 4) is 0 Å². The summed E-state index contributed by atoms with van der Waals surface area (Å²) in [6.07, 6.45) is -0.542. The molecule has 0 aromatic heterocycles. The summed E-state index contributed by atoms with van der Waals surface area (Å²) in [7, 11) is 0. The Morgan fingerprint density at radius 2 is 1.29 bits per heavy atom. The van der Waals surface area contributed by atoms with Crippen LogP contribution in [0.5, 0.6) is 0 Å². The lowest BCUT2D eigenvalue weighted by atomic mass is 10.1. The Balaban J connectivity index is 2.32. The van der Waals surface area contributed by atoms with Crippen LogP contribution >= 0.6 is 0 Å². The highest BCUT2D eigenvalue weighted by Gasteiger charge is 2.21. The molecule has 0 bridgehead atoms. The number of carboxylic acid groups (broad SMARTS) is 1. The molecule has 8 heteroatoms. The highest BCUT2D eigenvalue weighted by atomic mass is 19.1. The van der Waals surface area contributed by atoms with E-state index in [4.69, 9.17) is 5.11 Å². The molecule has 4 nitrogen and oxygen atoms in total. The van der Waals surface area contributed by atoms with Crippen LogP contribution in [0.15, 0.2) is 36.4 Å². The largest absolute Gasteiger partial charge is 0.480 e. The van der Waals surface area contributed by atoms with E-state index in [0.29, 0.717) is 17.0 Å². The summed E-state index contributed by atoms with van der Waals surface area (Å²) in [6.45, 7) is -0.862. The molecular weight excluding hydrogens is 330 g/mol. The lowest BCUT2D eigenvalue weighted by Crippen LogP contribution is -2.37. The first kappa shape index (κ1) is 17.5. The lowest BCUT2D eigenvalue weighted by molar-refractivity contribution is -0.136. The molecule has 0 aliphatic rings. The zero-order chi connectivity index (χ0) is 17.9. The van der Waals surface area contributed by atoms with Gasteiger partial charge in [0, 0.05) is 12.1 Å². The third kappa shape index (κ3) is 4.55. The van der Waals surface area contributed by atoms with Gasteiger partial charge in [-0.3, -0.25) is 9.59 Å². The van der Waals surface area contributed by atoms with Crippen LogP contribution in [0.3, 0.4) is 0 Å². The number of amides is 1. The zero-order valence-electron chi connectivity index (χ0n) is 12.1. The second-order valence-corrected chi connectivity index (χ2v) is 4.96. The minimum Gasteiger partial charge on any atom is -0.480 e. The van der Waals surface area contributed by atoms with Crippen LogP contribution in [0.25, 0.3) is 0 Å². The van der Waals surface area contributed by atoms with Crippen LogP contribution in [0.4, 0.5) is 23.2 Å². The summed E-state index contributed by atoms with van der Waals surface area (Å²) in [5.41, 5.74) is -0.346. The first-order chi connectivity index (χ1) is 11.2. The Morgan fingerprint density at radius 3 is 1.75 bits per heavy atom. The molecule has 0 aliphatic carbocycles. The van der Waals surface area contributed by atoms with E-state index in [-0.39, 0.29) is 11.3 Å². The summed E-state index contributed by atoms with van der Waals surface area (Å²) in [6, 6.07) is 4.57. The summed E-state index contributed by atoms with van der Waals surface area (Å²) in [4.78, 5) is 23.8. The second-order valence-electron chi connectivity index (χ2n) is 4.96. The van der Waals surface area contributed by atoms with E-state index in [2.05, 4.69) is 0 Å². The number of hydrogen-bond donors (Lipinski definition) is 1. The van der Waals surface area contributed by atoms with Crippen LogP contribution < -0.4 is 4.90 Å². The number of carbonyl (C=O) groups is 2. The summed E-state index contributed by atoms with van der Waals surface area (Å²) in [5, 5.41) is 8.89. The average molecular weight is 341 g/mol. The molecule has 2 rings (SSSR count). The fraction of sp³-hybridized carbons (Fsp3) is 0.125. The van der Waals surface area contributed by atoms with Gasteiger partial charge in [0.1, 0.15) is 29.8 Å². The van der Waals surface area contributed by atoms with Gasteiger partial charge in [-0.25, -0.2) is 17.6 Å². The lowest BCUT2D eigenvalue weighted by Gasteiger charge is -2.21. The van der Waals surface area contributed by atoms with E-state index in [1.807, 2.05) is 0 Å². The van der Waals surface area contributed by atoms with Gasteiger partial charge >= 0.3 is 5.97 Å². The van der Waals surface area contributed by atoms with Crippen molar-refractivity contribution < 1.29 is 32.3 Å². The Morgan fingerprint density at radius 1 is 0.833 bits per heavy atom. The number of nitrogens with zero attached hydrogens (tertiary/aromatic N) is 1. The Kier molecular flexibility index (Phi) is 5.18. The van der Waals surface area contributed by atoms with Crippen molar-refractivity contribution in [3.63, 3.8) is 0 Å². The minimum absolute atomic E-state index is 0.0373. The van der Waals surface area contributed by atoms with Gasteiger partial charge in [0.2, 0.25) is 5.91 Å². The Bertz CT molecular complexity index is 754. The molecular formula is C16H11F4NO3. The maximum absolute atomic E-state index is 13.3. The van der Waals surface area contributed by atoms with Crippen LogP contribution in [0.2, 0.25) is 0 Å². The number of rotatable bonds is 5. The smallest absolute Gasteiger partial charge is 0.323 e. The van der Waals surface area contributed by atoms with Crippen molar-refractivity contribution in [2.24, 2.45) is 0 Å². The Labute approximate surface area is 133 Å². The molecule has 0 saturated carbocycles. The SMILES string of the molecule is O=C(O)CN(C(=O)Cc1cc(F)cc(F)c1)c1cc(F)cc(F)c1. The third-order valence-corrected chi connectivity index (χ3v) is 3.03. The topological polar surface area (TPSA) is 57.6 Å². The molecule has 0 atom stereocenters. The average Bonchev–Trinajstić information content (AvgIpc) is 2.42. The van der Waals surface area contributed by atoms with Crippen molar-refractivity contribution in [1.82, 2.24) is 0 Å². The van der Waals surface area contributed by atoms with Crippen molar-refractivity contribution in [2.75, 3.05) is 11.4 Å². The predicted molar refractivity (Wildman–Crippen MR) is 76.4 cm³/mol. The number of carboxylic acids is 1. The molecule has 0 heterocycles. The molecule has 2 aromatic rings. The molecule has 126 valence electrons. The fourth-order valence-corrected chi connectivity index (χ4v) is 2.14. The van der Waals surface area contributed by atoms with Gasteiger partial charge < -0.3 is 10.0 Å². The highest BCUT2D eigenvalue weighted by Crippen LogP contribution is 2.20. The number of hydrogen-bond acceptors (Lipinski definition) is 2. The second kappa shape index (κ2) is 7.12. The van der Waals surface area contributed by atoms with Crippen LogP contribution in [-0.4, -0.2) is 23.5 Å². The van der Waals surface area contributed by atoms with Gasteiger partial charge in [-0.15, -0.1) is 0 Å². The quantitative estimate of drug-likeness (QED) is 0.851. The molecule has 0 saturated heterocycles. The molecule has 1 N–H and O–H groups in total. The van der Waals surface area contributed by atoms with Gasteiger partial charge in [0.15, 0.2) is 0 Å². The van der Waals surface area contributed by atoms with Gasteiger partial charge in [0.05, 0.1) is 12.1 Å². The number of aliphatic carboxylic acids is 1. The van der Waals surface area contributed by atoms with Crippen LogP contribution in [0, 0.1) is 23.3 Å². The standard InChI is InChI=1S/C16H11F4NO3/c17-10-1-9(2-11(18)4-10)3-15(22)21(8-16(23)24)14-6-12(19)5-13(20)7-14/h1-2,4-7H,3,8H2,(H,23,24). The molecule has 2 aromatic carbocycles. The number of anilines is 1. The van der Waals surface area contributed by atoms with Gasteiger partial charge in [0.25, 0.3) is 0 Å². The third-order valence-electron chi connectivity index (χ3n) is 3.03. The minimum atomic E-state index is -1.42. The molecule has 0 fully saturated rings. The molecule has 1 amide bonds. The van der Waals surface area contributed by atoms with E-state index >= 15 is 0 Å². The summed E-state index contributed by atoms with van der Waals surface area (Å²) in [5.74, 6) is -6.10. The molecule has 24 heavy (non-hydrogen) atoms. The van der Waals surface area contributed by atoms with Gasteiger partial charge in [-0.2, -0.15) is 0 Å². The summed E-state index contributed by atoms with van der Waals surface area (Å²) >= 11 is 0. The Hall–Kier alpha value is -2.90. The highest BCUT2D eigenvalue weighted by molar-refractivity contribution is 5.98. The summed E-state index contributed by atoms with van der Waals surface area (Å²) < 4.78 is 52.9. The normalized spacial score (nSPS) is 10.5. The first-order valence-electron chi connectivity index (χ1n) is 6.68. The van der Waals surface area contributed by atoms with Crippen molar-refractivity contribution >= 4 is 17.6 Å². The van der Waals surface area contributed by atoms with E-state index < -0.39 is 48.1 Å². The van der Waals surface area contributed by atoms with Crippen molar-refractivity contribution in [3.05, 3.63) is 65.2 Å². The first-order valence-corrected chi connectivity index (χ1v) is 6.68. The number of halogens is 4. The number of benzene rings is 2. The molecule has 0 unspecified atom stereocenters. The van der Waals surface area contributed by atoms with Crippen LogP contribution in [-0.2, 0) is 16.0 Å². The van der Waals surface area contributed by atoms with E-state index in [1.54, 1.807) is 0 Å². The van der Waals surface area contributed by atoms with Crippen molar-refractivity contribution in [2.45, 2.75) is 6.42 Å². The van der Waals surface area contributed by atoms with E-state index in [1.165, 1.54) is 0 Å². The molecule has 0 radical (unpaired) electrons. The van der Waals surface area contributed by atoms with E-state index in [9.17, 15) is 27.2 Å². The predicted octanol–water partition coefficient (Wildman–Crippen LogP) is 2.90. The van der Waals surface area contributed by atoms with Gasteiger partial charge in [-0.05, 0) is 29.8 Å². The van der Waals surface area contributed by atoms with E-state index in [0.717, 1.165) is 24.3 Å². The van der Waals surface area contributed by atoms with Crippen molar-refractivity contribution in [1.29, 1.82) is 0 Å². The molecule has 0 spiro atoms. The maximum atomic E-state index is 13.3. The van der Waals surface area contributed by atoms with Crippen LogP contribution in [0.1, 0.15) is 5.56 Å².